The van der Waals surface area contributed by atoms with E-state index in [2.05, 4.69) is 38.5 Å². The van der Waals surface area contributed by atoms with E-state index < -0.39 is 0 Å². The molecule has 0 saturated heterocycles. The van der Waals surface area contributed by atoms with Crippen molar-refractivity contribution in [2.45, 2.75) is 45.4 Å². The second kappa shape index (κ2) is 7.20. The van der Waals surface area contributed by atoms with Gasteiger partial charge in [0.2, 0.25) is 5.13 Å². The summed E-state index contributed by atoms with van der Waals surface area (Å²) >= 11 is 2.86. The molecular weight excluding hydrogens is 366 g/mol. The number of pyridine rings is 1. The van der Waals surface area contributed by atoms with Crippen LogP contribution in [0.5, 0.6) is 0 Å². The van der Waals surface area contributed by atoms with E-state index in [1.807, 2.05) is 13.0 Å². The quantitative estimate of drug-likeness (QED) is 0.678. The molecule has 4 rings (SSSR count). The van der Waals surface area contributed by atoms with Gasteiger partial charge in [0, 0.05) is 23.4 Å². The van der Waals surface area contributed by atoms with Crippen molar-refractivity contribution < 1.29 is 4.79 Å². The first-order chi connectivity index (χ1) is 12.6. The fourth-order valence-electron chi connectivity index (χ4n) is 2.67. The van der Waals surface area contributed by atoms with Crippen molar-refractivity contribution in [2.24, 2.45) is 0 Å². The number of amides is 1. The largest absolute Gasteiger partial charge is 0.296 e. The number of nitrogens with zero attached hydrogens (tertiary/aromatic N) is 4. The average Bonchev–Trinajstić information content (AvgIpc) is 3.25. The summed E-state index contributed by atoms with van der Waals surface area (Å²) in [5, 5.41) is 13.5. The summed E-state index contributed by atoms with van der Waals surface area (Å²) in [6.45, 7) is 3.99. The van der Waals surface area contributed by atoms with Crippen molar-refractivity contribution in [3.8, 4) is 10.6 Å². The molecule has 6 nitrogen and oxygen atoms in total. The van der Waals surface area contributed by atoms with Gasteiger partial charge in [0.25, 0.3) is 5.91 Å². The van der Waals surface area contributed by atoms with E-state index in [0.717, 1.165) is 39.8 Å². The molecule has 0 atom stereocenters. The number of thiazole rings is 1. The molecule has 134 valence electrons. The molecule has 26 heavy (non-hydrogen) atoms. The Morgan fingerprint density at radius 3 is 2.92 bits per heavy atom. The van der Waals surface area contributed by atoms with Crippen LogP contribution in [-0.4, -0.2) is 26.1 Å². The number of rotatable bonds is 6. The predicted octanol–water partition coefficient (Wildman–Crippen LogP) is 4.45. The van der Waals surface area contributed by atoms with E-state index in [-0.39, 0.29) is 5.91 Å². The van der Waals surface area contributed by atoms with Crippen molar-refractivity contribution in [2.75, 3.05) is 5.32 Å². The second-order valence-corrected chi connectivity index (χ2v) is 8.40. The standard InChI is InChI=1S/C18H19N5OS2/c1-3-4-13-9-12(7-8-19-13)16-20-10(2)14(25-16)15(24)21-18-23-22-17(26-18)11-5-6-11/h7-9,11H,3-6H2,1-2H3,(H,21,23,24). The van der Waals surface area contributed by atoms with Gasteiger partial charge in [-0.05, 0) is 38.3 Å². The highest BCUT2D eigenvalue weighted by atomic mass is 32.1. The highest BCUT2D eigenvalue weighted by Gasteiger charge is 2.28. The summed E-state index contributed by atoms with van der Waals surface area (Å²) in [7, 11) is 0. The lowest BCUT2D eigenvalue weighted by atomic mass is 10.2. The Morgan fingerprint density at radius 2 is 2.15 bits per heavy atom. The Balaban J connectivity index is 1.53. The monoisotopic (exact) mass is 385 g/mol. The molecule has 3 heterocycles. The number of hydrogen-bond acceptors (Lipinski definition) is 7. The van der Waals surface area contributed by atoms with E-state index in [4.69, 9.17) is 0 Å². The maximum atomic E-state index is 12.6. The second-order valence-electron chi connectivity index (χ2n) is 6.39. The van der Waals surface area contributed by atoms with Crippen LogP contribution in [0.1, 0.15) is 58.2 Å². The van der Waals surface area contributed by atoms with Gasteiger partial charge >= 0.3 is 0 Å². The lowest BCUT2D eigenvalue weighted by molar-refractivity contribution is 0.102. The molecular formula is C18H19N5OS2. The number of nitrogens with one attached hydrogen (secondary N) is 1. The normalized spacial score (nSPS) is 13.8. The van der Waals surface area contributed by atoms with Crippen molar-refractivity contribution >= 4 is 33.7 Å². The smallest absolute Gasteiger partial charge is 0.269 e. The lowest BCUT2D eigenvalue weighted by Crippen LogP contribution is -2.11. The van der Waals surface area contributed by atoms with E-state index >= 15 is 0 Å². The van der Waals surface area contributed by atoms with E-state index in [1.165, 1.54) is 35.5 Å². The topological polar surface area (TPSA) is 80.7 Å². The van der Waals surface area contributed by atoms with Crippen molar-refractivity contribution in [3.05, 3.63) is 39.6 Å². The number of carbonyl (C=O) groups excluding carboxylic acids is 1. The number of anilines is 1. The predicted molar refractivity (Wildman–Crippen MR) is 104 cm³/mol. The van der Waals surface area contributed by atoms with Crippen LogP contribution < -0.4 is 5.32 Å². The molecule has 8 heteroatoms. The van der Waals surface area contributed by atoms with E-state index in [1.54, 1.807) is 6.20 Å². The minimum absolute atomic E-state index is 0.174. The van der Waals surface area contributed by atoms with Crippen LogP contribution in [0, 0.1) is 6.92 Å². The molecule has 1 aliphatic rings. The third-order valence-electron chi connectivity index (χ3n) is 4.16. The fourth-order valence-corrected chi connectivity index (χ4v) is 4.53. The molecule has 3 aromatic rings. The van der Waals surface area contributed by atoms with Gasteiger partial charge in [-0.25, -0.2) is 4.98 Å². The maximum Gasteiger partial charge on any atom is 0.269 e. The molecule has 0 aliphatic heterocycles. The summed E-state index contributed by atoms with van der Waals surface area (Å²) < 4.78 is 0. The Kier molecular flexibility index (Phi) is 4.78. The van der Waals surface area contributed by atoms with Crippen LogP contribution in [0.4, 0.5) is 5.13 Å². The molecule has 0 bridgehead atoms. The van der Waals surface area contributed by atoms with E-state index in [9.17, 15) is 4.79 Å². The van der Waals surface area contributed by atoms with E-state index in [0.29, 0.717) is 15.9 Å². The Morgan fingerprint density at radius 1 is 1.31 bits per heavy atom. The van der Waals surface area contributed by atoms with Gasteiger partial charge < -0.3 is 0 Å². The Bertz CT molecular complexity index is 945. The molecule has 0 aromatic carbocycles. The molecule has 1 fully saturated rings. The van der Waals surface area contributed by atoms with Crippen LogP contribution in [-0.2, 0) is 6.42 Å². The Hall–Kier alpha value is -2.19. The lowest BCUT2D eigenvalue weighted by Gasteiger charge is -2.00. The first-order valence-electron chi connectivity index (χ1n) is 8.71. The molecule has 3 aromatic heterocycles. The molecule has 1 N–H and O–H groups in total. The van der Waals surface area contributed by atoms with Gasteiger partial charge in [-0.3, -0.25) is 15.1 Å². The van der Waals surface area contributed by atoms with Crippen molar-refractivity contribution in [1.82, 2.24) is 20.2 Å². The number of carbonyl (C=O) groups is 1. The highest BCUT2D eigenvalue weighted by molar-refractivity contribution is 7.17. The third kappa shape index (κ3) is 3.66. The van der Waals surface area contributed by atoms with Crippen molar-refractivity contribution in [1.29, 1.82) is 0 Å². The highest BCUT2D eigenvalue weighted by Crippen LogP contribution is 2.42. The van der Waals surface area contributed by atoms with Gasteiger partial charge in [0.15, 0.2) is 0 Å². The van der Waals surface area contributed by atoms with Gasteiger partial charge in [-0.1, -0.05) is 24.7 Å². The first kappa shape index (κ1) is 17.2. The molecule has 0 unspecified atom stereocenters. The van der Waals surface area contributed by atoms with Crippen LogP contribution >= 0.6 is 22.7 Å². The minimum atomic E-state index is -0.174. The molecule has 1 aliphatic carbocycles. The minimum Gasteiger partial charge on any atom is -0.296 e. The number of hydrogen-bond donors (Lipinski definition) is 1. The van der Waals surface area contributed by atoms with Gasteiger partial charge in [-0.15, -0.1) is 21.5 Å². The summed E-state index contributed by atoms with van der Waals surface area (Å²) in [5.41, 5.74) is 2.77. The Labute approximate surface area is 159 Å². The summed E-state index contributed by atoms with van der Waals surface area (Å²) in [5.74, 6) is 0.367. The molecule has 0 radical (unpaired) electrons. The summed E-state index contributed by atoms with van der Waals surface area (Å²) in [4.78, 5) is 22.2. The zero-order valence-corrected chi connectivity index (χ0v) is 16.3. The van der Waals surface area contributed by atoms with Gasteiger partial charge in [0.05, 0.1) is 5.69 Å². The molecule has 1 saturated carbocycles. The number of aromatic nitrogens is 4. The van der Waals surface area contributed by atoms with Crippen LogP contribution in [0.3, 0.4) is 0 Å². The third-order valence-corrected chi connectivity index (χ3v) is 6.37. The van der Waals surface area contributed by atoms with Gasteiger partial charge in [0.1, 0.15) is 14.9 Å². The van der Waals surface area contributed by atoms with Crippen molar-refractivity contribution in [3.63, 3.8) is 0 Å². The summed E-state index contributed by atoms with van der Waals surface area (Å²) in [6.07, 6.45) is 6.13. The fraction of sp³-hybridized carbons (Fsp3) is 0.389. The number of aryl methyl sites for hydroxylation is 2. The zero-order valence-electron chi connectivity index (χ0n) is 14.7. The average molecular weight is 386 g/mol. The van der Waals surface area contributed by atoms with Gasteiger partial charge in [-0.2, -0.15) is 0 Å². The molecule has 0 spiro atoms. The zero-order chi connectivity index (χ0) is 18.1. The van der Waals surface area contributed by atoms with Crippen LogP contribution in [0.2, 0.25) is 0 Å². The first-order valence-corrected chi connectivity index (χ1v) is 10.3. The SMILES string of the molecule is CCCc1cc(-c2nc(C)c(C(=O)Nc3nnc(C4CC4)s3)s2)ccn1. The summed E-state index contributed by atoms with van der Waals surface area (Å²) in [6, 6.07) is 3.99. The maximum absolute atomic E-state index is 12.6. The van der Waals surface area contributed by atoms with Crippen LogP contribution in [0.25, 0.3) is 10.6 Å². The molecule has 1 amide bonds. The van der Waals surface area contributed by atoms with Crippen LogP contribution in [0.15, 0.2) is 18.3 Å².